The van der Waals surface area contributed by atoms with E-state index in [2.05, 4.69) is 14.7 Å². The van der Waals surface area contributed by atoms with Gasteiger partial charge in [-0.1, -0.05) is 31.2 Å². The maximum Gasteiger partial charge on any atom is 0.340 e. The van der Waals surface area contributed by atoms with Crippen molar-refractivity contribution in [1.29, 1.82) is 0 Å². The van der Waals surface area contributed by atoms with Gasteiger partial charge in [-0.2, -0.15) is 8.78 Å². The fraction of sp³-hybridized carbons (Fsp3) is 0.278. The van der Waals surface area contributed by atoms with Crippen molar-refractivity contribution in [3.05, 3.63) is 53.9 Å². The average Bonchev–Trinajstić information content (AvgIpc) is 2.65. The van der Waals surface area contributed by atoms with Gasteiger partial charge in [0, 0.05) is 24.0 Å². The van der Waals surface area contributed by atoms with Crippen molar-refractivity contribution in [2.75, 3.05) is 6.61 Å². The highest BCUT2D eigenvalue weighted by atomic mass is 19.3. The summed E-state index contributed by atoms with van der Waals surface area (Å²) in [4.78, 5) is 19.8. The second-order valence-corrected chi connectivity index (χ2v) is 5.39. The molecule has 0 saturated heterocycles. The number of ether oxygens (including phenoxy) is 1. The van der Waals surface area contributed by atoms with Gasteiger partial charge < -0.3 is 4.74 Å². The topological polar surface area (TPSA) is 52.1 Å². The summed E-state index contributed by atoms with van der Waals surface area (Å²) in [6.07, 6.45) is 2.64. The zero-order valence-corrected chi connectivity index (χ0v) is 13.8. The van der Waals surface area contributed by atoms with Crippen LogP contribution in [0, 0.1) is 0 Å². The van der Waals surface area contributed by atoms with Crippen LogP contribution in [0.3, 0.4) is 0 Å². The van der Waals surface area contributed by atoms with E-state index >= 15 is 0 Å². The van der Waals surface area contributed by atoms with Crippen LogP contribution in [0.1, 0.15) is 18.1 Å². The standard InChI is InChI=1S/C18H16F4N2O2/c1-2-12-9-23-16(24-10-12)14-6-3-13(4-7-14)5-8-15(25)26-11-18(21,22)17(19)20/h3-10,17H,2,11H2,1H3. The summed E-state index contributed by atoms with van der Waals surface area (Å²) >= 11 is 0. The Morgan fingerprint density at radius 1 is 1.19 bits per heavy atom. The van der Waals surface area contributed by atoms with Gasteiger partial charge in [-0.3, -0.25) is 0 Å². The molecule has 0 saturated carbocycles. The van der Waals surface area contributed by atoms with E-state index in [1.54, 1.807) is 36.7 Å². The van der Waals surface area contributed by atoms with Gasteiger partial charge in [-0.15, -0.1) is 0 Å². The van der Waals surface area contributed by atoms with Gasteiger partial charge in [0.1, 0.15) is 0 Å². The Bertz CT molecular complexity index is 760. The highest BCUT2D eigenvalue weighted by Gasteiger charge is 2.42. The maximum atomic E-state index is 12.7. The van der Waals surface area contributed by atoms with E-state index in [-0.39, 0.29) is 0 Å². The Labute approximate surface area is 147 Å². The number of hydrogen-bond donors (Lipinski definition) is 0. The number of rotatable bonds is 7. The molecule has 0 spiro atoms. The quantitative estimate of drug-likeness (QED) is 0.418. The van der Waals surface area contributed by atoms with E-state index in [9.17, 15) is 22.4 Å². The molecule has 2 rings (SSSR count). The molecule has 138 valence electrons. The smallest absolute Gasteiger partial charge is 0.340 e. The minimum atomic E-state index is -4.36. The monoisotopic (exact) mass is 368 g/mol. The Morgan fingerprint density at radius 3 is 2.35 bits per heavy atom. The summed E-state index contributed by atoms with van der Waals surface area (Å²) < 4.78 is 53.4. The lowest BCUT2D eigenvalue weighted by atomic mass is 10.1. The molecule has 0 radical (unpaired) electrons. The molecule has 8 heteroatoms. The molecule has 4 nitrogen and oxygen atoms in total. The maximum absolute atomic E-state index is 12.7. The molecule has 0 amide bonds. The first-order valence-corrected chi connectivity index (χ1v) is 7.74. The summed E-state index contributed by atoms with van der Waals surface area (Å²) in [5, 5.41) is 0. The predicted octanol–water partition coefficient (Wildman–Crippen LogP) is 4.16. The van der Waals surface area contributed by atoms with Gasteiger partial charge in [-0.25, -0.2) is 23.5 Å². The number of nitrogens with zero attached hydrogens (tertiary/aromatic N) is 2. The van der Waals surface area contributed by atoms with Gasteiger partial charge in [-0.05, 0) is 23.6 Å². The average molecular weight is 368 g/mol. The molecule has 0 aliphatic rings. The van der Waals surface area contributed by atoms with E-state index < -0.39 is 24.9 Å². The molecule has 1 aromatic carbocycles. The lowest BCUT2D eigenvalue weighted by Gasteiger charge is -2.14. The third-order valence-electron chi connectivity index (χ3n) is 3.42. The number of carbonyl (C=O) groups excluding carboxylic acids is 1. The molecule has 0 bridgehead atoms. The Kier molecular flexibility index (Phi) is 6.43. The number of carbonyl (C=O) groups is 1. The molecule has 1 aromatic heterocycles. The van der Waals surface area contributed by atoms with Crippen LogP contribution in [0.2, 0.25) is 0 Å². The first-order valence-electron chi connectivity index (χ1n) is 7.74. The van der Waals surface area contributed by atoms with Crippen LogP contribution < -0.4 is 0 Å². The van der Waals surface area contributed by atoms with Crippen LogP contribution in [-0.2, 0) is 16.0 Å². The molecule has 1 heterocycles. The normalized spacial score (nSPS) is 11.9. The fourth-order valence-corrected chi connectivity index (χ4v) is 1.87. The van der Waals surface area contributed by atoms with E-state index in [1.165, 1.54) is 6.08 Å². The largest absolute Gasteiger partial charge is 0.456 e. The minimum absolute atomic E-state index is 0.548. The number of aromatic nitrogens is 2. The van der Waals surface area contributed by atoms with Crippen molar-refractivity contribution in [1.82, 2.24) is 9.97 Å². The molecule has 0 N–H and O–H groups in total. The Hall–Kier alpha value is -2.77. The minimum Gasteiger partial charge on any atom is -0.456 e. The molecule has 0 unspecified atom stereocenters. The van der Waals surface area contributed by atoms with Crippen molar-refractivity contribution >= 4 is 12.0 Å². The van der Waals surface area contributed by atoms with Crippen LogP contribution in [0.15, 0.2) is 42.7 Å². The molecule has 0 aliphatic heterocycles. The number of hydrogen-bond acceptors (Lipinski definition) is 4. The number of alkyl halides is 4. The zero-order valence-electron chi connectivity index (χ0n) is 13.8. The molecule has 0 aliphatic carbocycles. The first-order chi connectivity index (χ1) is 12.3. The predicted molar refractivity (Wildman–Crippen MR) is 87.8 cm³/mol. The van der Waals surface area contributed by atoms with Crippen molar-refractivity contribution in [3.63, 3.8) is 0 Å². The van der Waals surface area contributed by atoms with Crippen LogP contribution in [0.5, 0.6) is 0 Å². The van der Waals surface area contributed by atoms with Crippen molar-refractivity contribution in [2.24, 2.45) is 0 Å². The first kappa shape index (κ1) is 19.6. The van der Waals surface area contributed by atoms with Gasteiger partial charge in [0.15, 0.2) is 12.4 Å². The van der Waals surface area contributed by atoms with Gasteiger partial charge in [0.05, 0.1) is 0 Å². The number of esters is 1. The summed E-state index contributed by atoms with van der Waals surface area (Å²) in [7, 11) is 0. The third-order valence-corrected chi connectivity index (χ3v) is 3.42. The summed E-state index contributed by atoms with van der Waals surface area (Å²) in [6, 6.07) is 6.81. The molecule has 26 heavy (non-hydrogen) atoms. The summed E-state index contributed by atoms with van der Waals surface area (Å²) in [5.74, 6) is -4.95. The van der Waals surface area contributed by atoms with E-state index in [0.717, 1.165) is 23.6 Å². The van der Waals surface area contributed by atoms with Crippen molar-refractivity contribution < 1.29 is 27.1 Å². The van der Waals surface area contributed by atoms with Crippen LogP contribution in [0.25, 0.3) is 17.5 Å². The van der Waals surface area contributed by atoms with Crippen molar-refractivity contribution in [3.8, 4) is 11.4 Å². The zero-order chi connectivity index (χ0) is 19.2. The highest BCUT2D eigenvalue weighted by Crippen LogP contribution is 2.23. The van der Waals surface area contributed by atoms with Crippen LogP contribution in [-0.4, -0.2) is 34.9 Å². The molecular formula is C18H16F4N2O2. The Morgan fingerprint density at radius 2 is 1.81 bits per heavy atom. The van der Waals surface area contributed by atoms with E-state index in [1.807, 2.05) is 6.92 Å². The number of halogens is 4. The molecule has 0 fully saturated rings. The SMILES string of the molecule is CCc1cnc(-c2ccc(C=CC(=O)OCC(F)(F)C(F)F)cc2)nc1. The molecule has 0 atom stereocenters. The fourth-order valence-electron chi connectivity index (χ4n) is 1.87. The molecule has 2 aromatic rings. The summed E-state index contributed by atoms with van der Waals surface area (Å²) in [6.45, 7) is 0.330. The number of aryl methyl sites for hydroxylation is 1. The molecular weight excluding hydrogens is 352 g/mol. The second-order valence-electron chi connectivity index (χ2n) is 5.39. The van der Waals surface area contributed by atoms with Crippen LogP contribution in [0.4, 0.5) is 17.6 Å². The van der Waals surface area contributed by atoms with Gasteiger partial charge >= 0.3 is 18.3 Å². The lowest BCUT2D eigenvalue weighted by Crippen LogP contribution is -2.33. The second kappa shape index (κ2) is 8.55. The van der Waals surface area contributed by atoms with Crippen molar-refractivity contribution in [2.45, 2.75) is 25.7 Å². The highest BCUT2D eigenvalue weighted by molar-refractivity contribution is 5.87. The van der Waals surface area contributed by atoms with Crippen LogP contribution >= 0.6 is 0 Å². The van der Waals surface area contributed by atoms with E-state index in [0.29, 0.717) is 11.4 Å². The van der Waals surface area contributed by atoms with E-state index in [4.69, 9.17) is 0 Å². The van der Waals surface area contributed by atoms with Gasteiger partial charge in [0.2, 0.25) is 0 Å². The Balaban J connectivity index is 1.95. The lowest BCUT2D eigenvalue weighted by molar-refractivity contribution is -0.175. The third kappa shape index (κ3) is 5.37. The number of benzene rings is 1. The summed E-state index contributed by atoms with van der Waals surface area (Å²) in [5.41, 5.74) is 2.38. The van der Waals surface area contributed by atoms with Gasteiger partial charge in [0.25, 0.3) is 0 Å².